The second-order valence-corrected chi connectivity index (χ2v) is 5.23. The third-order valence-electron chi connectivity index (χ3n) is 2.47. The van der Waals surface area contributed by atoms with Gasteiger partial charge in [0.05, 0.1) is 6.61 Å². The molecule has 1 unspecified atom stereocenters. The first-order valence-electron chi connectivity index (χ1n) is 5.59. The van der Waals surface area contributed by atoms with Crippen molar-refractivity contribution in [3.05, 3.63) is 5.28 Å². The second-order valence-electron chi connectivity index (χ2n) is 3.74. The highest BCUT2D eigenvalue weighted by Gasteiger charge is 2.22. The van der Waals surface area contributed by atoms with Gasteiger partial charge in [-0.3, -0.25) is 0 Å². The molecule has 0 bridgehead atoms. The molecule has 1 aromatic heterocycles. The van der Waals surface area contributed by atoms with Crippen molar-refractivity contribution in [2.45, 2.75) is 19.9 Å². The van der Waals surface area contributed by atoms with Gasteiger partial charge in [-0.2, -0.15) is 26.7 Å². The highest BCUT2D eigenvalue weighted by molar-refractivity contribution is 7.99. The van der Waals surface area contributed by atoms with Crippen molar-refractivity contribution in [3.63, 3.8) is 0 Å². The zero-order valence-electron chi connectivity index (χ0n) is 9.89. The van der Waals surface area contributed by atoms with E-state index in [1.807, 2.05) is 18.7 Å². The molecule has 94 valence electrons. The van der Waals surface area contributed by atoms with E-state index in [1.54, 1.807) is 0 Å². The van der Waals surface area contributed by atoms with Crippen molar-refractivity contribution < 1.29 is 4.74 Å². The Kier molecular flexibility index (Phi) is 4.28. The molecule has 0 aromatic carbocycles. The molecule has 1 aliphatic heterocycles. The topological polar surface area (TPSA) is 51.1 Å². The Morgan fingerprint density at radius 2 is 2.29 bits per heavy atom. The van der Waals surface area contributed by atoms with Gasteiger partial charge in [0.15, 0.2) is 0 Å². The summed E-state index contributed by atoms with van der Waals surface area (Å²) in [5.74, 6) is 2.77. The molecule has 1 atom stereocenters. The summed E-state index contributed by atoms with van der Waals surface area (Å²) < 4.78 is 5.27. The van der Waals surface area contributed by atoms with Crippen LogP contribution in [0.3, 0.4) is 0 Å². The minimum Gasteiger partial charge on any atom is -0.464 e. The second kappa shape index (κ2) is 5.73. The van der Waals surface area contributed by atoms with Gasteiger partial charge in [-0.25, -0.2) is 0 Å². The van der Waals surface area contributed by atoms with E-state index >= 15 is 0 Å². The van der Waals surface area contributed by atoms with Crippen molar-refractivity contribution >= 4 is 29.3 Å². The van der Waals surface area contributed by atoms with Crippen LogP contribution >= 0.6 is 23.4 Å². The van der Waals surface area contributed by atoms with Gasteiger partial charge < -0.3 is 9.64 Å². The van der Waals surface area contributed by atoms with Crippen LogP contribution in [-0.2, 0) is 0 Å². The first-order chi connectivity index (χ1) is 8.20. The number of rotatable bonds is 3. The minimum absolute atomic E-state index is 0.184. The molecule has 2 heterocycles. The molecule has 1 fully saturated rings. The fourth-order valence-corrected chi connectivity index (χ4v) is 2.83. The third-order valence-corrected chi connectivity index (χ3v) is 3.83. The first-order valence-corrected chi connectivity index (χ1v) is 7.12. The minimum atomic E-state index is 0.184. The lowest BCUT2D eigenvalue weighted by atomic mass is 10.3. The van der Waals surface area contributed by atoms with E-state index < -0.39 is 0 Å². The number of aromatic nitrogens is 3. The van der Waals surface area contributed by atoms with E-state index in [0.29, 0.717) is 24.6 Å². The lowest BCUT2D eigenvalue weighted by Gasteiger charge is -2.32. The van der Waals surface area contributed by atoms with Crippen LogP contribution in [0.5, 0.6) is 6.01 Å². The lowest BCUT2D eigenvalue weighted by molar-refractivity contribution is 0.311. The Morgan fingerprint density at radius 1 is 1.47 bits per heavy atom. The summed E-state index contributed by atoms with van der Waals surface area (Å²) >= 11 is 7.82. The summed E-state index contributed by atoms with van der Waals surface area (Å²) in [6.07, 6.45) is 0. The van der Waals surface area contributed by atoms with Gasteiger partial charge in [-0.05, 0) is 25.4 Å². The first kappa shape index (κ1) is 12.7. The molecule has 2 rings (SSSR count). The summed E-state index contributed by atoms with van der Waals surface area (Å²) in [5, 5.41) is 0.184. The van der Waals surface area contributed by atoms with E-state index in [0.717, 1.165) is 18.1 Å². The van der Waals surface area contributed by atoms with E-state index in [4.69, 9.17) is 16.3 Å². The van der Waals surface area contributed by atoms with Crippen molar-refractivity contribution in [2.75, 3.05) is 29.6 Å². The number of ether oxygens (including phenoxy) is 1. The fraction of sp³-hybridized carbons (Fsp3) is 0.700. The summed E-state index contributed by atoms with van der Waals surface area (Å²) in [6, 6.07) is 0.703. The van der Waals surface area contributed by atoms with Crippen LogP contribution in [-0.4, -0.2) is 45.7 Å². The average molecular weight is 275 g/mol. The zero-order chi connectivity index (χ0) is 12.3. The number of anilines is 1. The zero-order valence-corrected chi connectivity index (χ0v) is 11.5. The van der Waals surface area contributed by atoms with Gasteiger partial charge in [0.25, 0.3) is 0 Å². The molecule has 0 aliphatic carbocycles. The van der Waals surface area contributed by atoms with E-state index in [9.17, 15) is 0 Å². The maximum Gasteiger partial charge on any atom is 0.322 e. The Bertz CT molecular complexity index is 393. The Hall–Kier alpha value is -0.750. The molecule has 5 nitrogen and oxygen atoms in total. The largest absolute Gasteiger partial charge is 0.464 e. The van der Waals surface area contributed by atoms with Crippen molar-refractivity contribution in [3.8, 4) is 6.01 Å². The van der Waals surface area contributed by atoms with Crippen LogP contribution in [0, 0.1) is 0 Å². The van der Waals surface area contributed by atoms with Gasteiger partial charge in [-0.15, -0.1) is 0 Å². The quantitative estimate of drug-likeness (QED) is 0.839. The van der Waals surface area contributed by atoms with Gasteiger partial charge in [-0.1, -0.05) is 0 Å². The average Bonchev–Trinajstić information content (AvgIpc) is 2.29. The van der Waals surface area contributed by atoms with Crippen LogP contribution in [0.25, 0.3) is 0 Å². The molecule has 0 radical (unpaired) electrons. The van der Waals surface area contributed by atoms with Crippen LogP contribution in [0.4, 0.5) is 5.95 Å². The molecule has 0 N–H and O–H groups in total. The monoisotopic (exact) mass is 274 g/mol. The van der Waals surface area contributed by atoms with Crippen LogP contribution in [0.2, 0.25) is 5.28 Å². The summed E-state index contributed by atoms with van der Waals surface area (Å²) in [7, 11) is 0. The predicted octanol–water partition coefficient (Wildman–Crippen LogP) is 1.87. The Labute approximate surface area is 110 Å². The Balaban J connectivity index is 2.24. The van der Waals surface area contributed by atoms with Crippen molar-refractivity contribution in [1.29, 1.82) is 0 Å². The highest BCUT2D eigenvalue weighted by atomic mass is 35.5. The number of thioether (sulfide) groups is 1. The van der Waals surface area contributed by atoms with E-state index in [-0.39, 0.29) is 5.28 Å². The van der Waals surface area contributed by atoms with E-state index in [2.05, 4.69) is 26.8 Å². The van der Waals surface area contributed by atoms with Crippen LogP contribution < -0.4 is 9.64 Å². The fourth-order valence-electron chi connectivity index (χ4n) is 1.67. The highest BCUT2D eigenvalue weighted by Crippen LogP contribution is 2.22. The number of nitrogens with zero attached hydrogens (tertiary/aromatic N) is 4. The van der Waals surface area contributed by atoms with Gasteiger partial charge in [0.2, 0.25) is 11.2 Å². The maximum absolute atomic E-state index is 5.88. The van der Waals surface area contributed by atoms with Crippen LogP contribution in [0.1, 0.15) is 13.8 Å². The van der Waals surface area contributed by atoms with Crippen molar-refractivity contribution in [1.82, 2.24) is 15.0 Å². The number of hydrogen-bond acceptors (Lipinski definition) is 6. The molecule has 0 saturated carbocycles. The predicted molar refractivity (Wildman–Crippen MR) is 70.1 cm³/mol. The maximum atomic E-state index is 5.88. The molecule has 1 aliphatic rings. The SMILES string of the molecule is CCOc1nc(Cl)nc(N2CCSCC2C)n1. The Morgan fingerprint density at radius 3 is 3.00 bits per heavy atom. The molecule has 17 heavy (non-hydrogen) atoms. The third kappa shape index (κ3) is 3.13. The molecule has 0 spiro atoms. The number of halogens is 1. The molecule has 7 heteroatoms. The normalized spacial score (nSPS) is 20.4. The molecule has 1 saturated heterocycles. The standard InChI is InChI=1S/C10H15ClN4OS/c1-3-16-10-13-8(11)12-9(14-10)15-4-5-17-6-7(15)2/h7H,3-6H2,1-2H3. The molecule has 1 aromatic rings. The molecule has 0 amide bonds. The van der Waals surface area contributed by atoms with Crippen molar-refractivity contribution in [2.24, 2.45) is 0 Å². The summed E-state index contributed by atoms with van der Waals surface area (Å²) in [5.41, 5.74) is 0. The smallest absolute Gasteiger partial charge is 0.322 e. The molecular weight excluding hydrogens is 260 g/mol. The van der Waals surface area contributed by atoms with Gasteiger partial charge in [0.1, 0.15) is 0 Å². The molecular formula is C10H15ClN4OS. The summed E-state index contributed by atoms with van der Waals surface area (Å²) in [6.45, 7) is 5.49. The summed E-state index contributed by atoms with van der Waals surface area (Å²) in [4.78, 5) is 14.5. The van der Waals surface area contributed by atoms with E-state index in [1.165, 1.54) is 0 Å². The number of hydrogen-bond donors (Lipinski definition) is 0. The van der Waals surface area contributed by atoms with Gasteiger partial charge in [0, 0.05) is 24.1 Å². The lowest BCUT2D eigenvalue weighted by Crippen LogP contribution is -2.41. The van der Waals surface area contributed by atoms with Gasteiger partial charge >= 0.3 is 6.01 Å². The van der Waals surface area contributed by atoms with Crippen LogP contribution in [0.15, 0.2) is 0 Å².